The summed E-state index contributed by atoms with van der Waals surface area (Å²) in [7, 11) is 0. The molecule has 0 bridgehead atoms. The van der Waals surface area contributed by atoms with Crippen molar-refractivity contribution in [1.29, 1.82) is 0 Å². The van der Waals surface area contributed by atoms with Gasteiger partial charge in [-0.3, -0.25) is 0 Å². The van der Waals surface area contributed by atoms with E-state index in [-0.39, 0.29) is 46.3 Å². The Morgan fingerprint density at radius 2 is 1.07 bits per heavy atom. The first-order valence-electron chi connectivity index (χ1n) is 4.26. The molecule has 0 fully saturated rings. The lowest BCUT2D eigenvalue weighted by atomic mass is 10.0. The van der Waals surface area contributed by atoms with Gasteiger partial charge in [-0.05, 0) is 12.1 Å². The van der Waals surface area contributed by atoms with Crippen molar-refractivity contribution in [3.63, 3.8) is 0 Å². The number of aliphatic hydroxyl groups is 2. The van der Waals surface area contributed by atoms with Gasteiger partial charge in [-0.15, -0.1) is 0 Å². The van der Waals surface area contributed by atoms with Gasteiger partial charge in [0.1, 0.15) is 23.0 Å². The second-order valence-electron chi connectivity index (χ2n) is 3.25. The van der Waals surface area contributed by atoms with Crippen molar-refractivity contribution < 1.29 is 20.4 Å². The lowest BCUT2D eigenvalue weighted by Gasteiger charge is -2.10. The van der Waals surface area contributed by atoms with Crippen molar-refractivity contribution in [2.24, 2.45) is 0 Å². The minimum absolute atomic E-state index is 0.00815. The number of aromatic hydroxyl groups is 2. The average Bonchev–Trinajstić information content (AvgIpc) is 2.16. The molecule has 0 unspecified atom stereocenters. The molecule has 0 aliphatic heterocycles. The van der Waals surface area contributed by atoms with Crippen LogP contribution in [0.25, 0.3) is 11.5 Å². The number of hydrogen-bond donors (Lipinski definition) is 4. The van der Waals surface area contributed by atoms with E-state index in [2.05, 4.69) is 0 Å². The van der Waals surface area contributed by atoms with Crippen molar-refractivity contribution in [2.45, 2.75) is 12.8 Å². The van der Waals surface area contributed by atoms with Gasteiger partial charge in [0.15, 0.2) is 0 Å². The summed E-state index contributed by atoms with van der Waals surface area (Å²) in [5.41, 5.74) is 0. The third kappa shape index (κ3) is 1.08. The Balaban J connectivity index is 3.07. The van der Waals surface area contributed by atoms with Gasteiger partial charge in [-0.25, -0.2) is 0 Å². The molecule has 4 nitrogen and oxygen atoms in total. The Kier molecular flexibility index (Phi) is 1.77. The third-order valence-electron chi connectivity index (χ3n) is 2.34. The summed E-state index contributed by atoms with van der Waals surface area (Å²) in [5, 5.41) is 38.2. The molecule has 0 heterocycles. The largest absolute Gasteiger partial charge is 0.512 e. The summed E-state index contributed by atoms with van der Waals surface area (Å²) >= 11 is 0. The SMILES string of the molecule is OC1=c2c(O)ccc(O)c2=C(O)CC1. The fourth-order valence-corrected chi connectivity index (χ4v) is 1.65. The molecule has 0 saturated carbocycles. The maximum atomic E-state index is 9.51. The zero-order valence-corrected chi connectivity index (χ0v) is 7.36. The Labute approximate surface area is 79.7 Å². The topological polar surface area (TPSA) is 80.9 Å². The molecule has 1 aliphatic rings. The van der Waals surface area contributed by atoms with Crippen molar-refractivity contribution in [3.8, 4) is 11.5 Å². The zero-order valence-electron chi connectivity index (χ0n) is 7.36. The van der Waals surface area contributed by atoms with E-state index in [0.717, 1.165) is 0 Å². The van der Waals surface area contributed by atoms with E-state index in [1.54, 1.807) is 0 Å². The van der Waals surface area contributed by atoms with Crippen LogP contribution in [0, 0.1) is 0 Å². The average molecular weight is 194 g/mol. The molecule has 0 aromatic heterocycles. The number of hydrogen-bond acceptors (Lipinski definition) is 4. The summed E-state index contributed by atoms with van der Waals surface area (Å²) in [6.07, 6.45) is 0.547. The van der Waals surface area contributed by atoms with Crippen LogP contribution in [0.2, 0.25) is 0 Å². The molecule has 14 heavy (non-hydrogen) atoms. The lowest BCUT2D eigenvalue weighted by molar-refractivity contribution is 0.414. The second kappa shape index (κ2) is 2.83. The number of aliphatic hydroxyl groups excluding tert-OH is 2. The van der Waals surface area contributed by atoms with Gasteiger partial charge in [0.2, 0.25) is 0 Å². The van der Waals surface area contributed by atoms with Crippen molar-refractivity contribution in [3.05, 3.63) is 22.6 Å². The summed E-state index contributed by atoms with van der Waals surface area (Å²) < 4.78 is 0. The predicted octanol–water partition coefficient (Wildman–Crippen LogP) is 0.224. The van der Waals surface area contributed by atoms with Gasteiger partial charge in [-0.2, -0.15) is 0 Å². The predicted molar refractivity (Wildman–Crippen MR) is 50.3 cm³/mol. The molecule has 4 heteroatoms. The van der Waals surface area contributed by atoms with Crippen LogP contribution < -0.4 is 10.4 Å². The summed E-state index contributed by atoms with van der Waals surface area (Å²) in [4.78, 5) is 0. The maximum absolute atomic E-state index is 9.51. The Morgan fingerprint density at radius 3 is 1.43 bits per heavy atom. The Hall–Kier alpha value is -1.84. The van der Waals surface area contributed by atoms with Crippen LogP contribution in [0.5, 0.6) is 11.5 Å². The van der Waals surface area contributed by atoms with Crippen LogP contribution in [-0.4, -0.2) is 20.4 Å². The van der Waals surface area contributed by atoms with Gasteiger partial charge >= 0.3 is 0 Å². The van der Waals surface area contributed by atoms with Crippen LogP contribution in [0.4, 0.5) is 0 Å². The molecular formula is C10H10O4. The van der Waals surface area contributed by atoms with E-state index in [1.165, 1.54) is 12.1 Å². The fraction of sp³-hybridized carbons (Fsp3) is 0.200. The highest BCUT2D eigenvalue weighted by Crippen LogP contribution is 2.15. The molecule has 0 amide bonds. The van der Waals surface area contributed by atoms with Gasteiger partial charge in [0.05, 0.1) is 10.4 Å². The van der Waals surface area contributed by atoms with E-state index in [1.807, 2.05) is 0 Å². The second-order valence-corrected chi connectivity index (χ2v) is 3.25. The molecule has 1 aliphatic carbocycles. The van der Waals surface area contributed by atoms with Gasteiger partial charge < -0.3 is 20.4 Å². The van der Waals surface area contributed by atoms with Crippen molar-refractivity contribution >= 4 is 11.5 Å². The fourth-order valence-electron chi connectivity index (χ4n) is 1.65. The van der Waals surface area contributed by atoms with E-state index in [4.69, 9.17) is 0 Å². The summed E-state index contributed by atoms with van der Waals surface area (Å²) in [5.74, 6) is -0.291. The Morgan fingerprint density at radius 1 is 0.714 bits per heavy atom. The standard InChI is InChI=1S/C10H10O4/c11-5-1-2-6(12)10-8(14)4-3-7(13)9(5)10/h1-2,11-14H,3-4H2. The highest BCUT2D eigenvalue weighted by molar-refractivity contribution is 5.55. The molecule has 2 rings (SSSR count). The molecule has 74 valence electrons. The first kappa shape index (κ1) is 8.74. The van der Waals surface area contributed by atoms with Gasteiger partial charge in [-0.1, -0.05) is 0 Å². The molecule has 0 radical (unpaired) electrons. The van der Waals surface area contributed by atoms with Crippen LogP contribution in [0.3, 0.4) is 0 Å². The first-order chi connectivity index (χ1) is 6.61. The molecule has 1 aromatic rings. The highest BCUT2D eigenvalue weighted by Gasteiger charge is 2.14. The third-order valence-corrected chi connectivity index (χ3v) is 2.34. The van der Waals surface area contributed by atoms with Crippen LogP contribution in [0.15, 0.2) is 12.1 Å². The van der Waals surface area contributed by atoms with E-state index in [9.17, 15) is 20.4 Å². The van der Waals surface area contributed by atoms with Gasteiger partial charge in [0.25, 0.3) is 0 Å². The summed E-state index contributed by atoms with van der Waals surface area (Å²) in [6.45, 7) is 0. The number of benzene rings is 1. The zero-order chi connectivity index (χ0) is 10.3. The highest BCUT2D eigenvalue weighted by atomic mass is 16.3. The van der Waals surface area contributed by atoms with E-state index >= 15 is 0 Å². The minimum atomic E-state index is -0.137. The number of phenolic OH excluding ortho intramolecular Hbond substituents is 2. The molecule has 0 spiro atoms. The van der Waals surface area contributed by atoms with Crippen molar-refractivity contribution in [1.82, 2.24) is 0 Å². The van der Waals surface area contributed by atoms with E-state index in [0.29, 0.717) is 0 Å². The normalized spacial score (nSPS) is 15.4. The molecule has 4 N–H and O–H groups in total. The number of rotatable bonds is 0. The molecular weight excluding hydrogens is 184 g/mol. The quantitative estimate of drug-likeness (QED) is 0.445. The molecule has 0 saturated heterocycles. The summed E-state index contributed by atoms with van der Waals surface area (Å²) in [6, 6.07) is 2.56. The first-order valence-corrected chi connectivity index (χ1v) is 4.26. The van der Waals surface area contributed by atoms with Crippen LogP contribution in [0.1, 0.15) is 12.8 Å². The van der Waals surface area contributed by atoms with Crippen molar-refractivity contribution in [2.75, 3.05) is 0 Å². The molecule has 0 atom stereocenters. The number of fused-ring (bicyclic) bond motifs is 1. The Bertz CT molecular complexity index is 455. The number of phenols is 2. The molecule has 1 aromatic carbocycles. The van der Waals surface area contributed by atoms with Crippen LogP contribution in [-0.2, 0) is 0 Å². The van der Waals surface area contributed by atoms with Gasteiger partial charge in [0, 0.05) is 12.8 Å². The minimum Gasteiger partial charge on any atom is -0.512 e. The van der Waals surface area contributed by atoms with Crippen LogP contribution >= 0.6 is 0 Å². The maximum Gasteiger partial charge on any atom is 0.127 e. The smallest absolute Gasteiger partial charge is 0.127 e. The lowest BCUT2D eigenvalue weighted by Crippen LogP contribution is -2.32. The monoisotopic (exact) mass is 194 g/mol. The van der Waals surface area contributed by atoms with E-state index < -0.39 is 0 Å².